The Morgan fingerprint density at radius 3 is 2.43 bits per heavy atom. The topological polar surface area (TPSA) is 103 Å². The average molecular weight is 198 g/mol. The van der Waals surface area contributed by atoms with Gasteiger partial charge in [0.15, 0.2) is 0 Å². The molecule has 0 heterocycles. The molecule has 0 rings (SSSR count). The van der Waals surface area contributed by atoms with E-state index in [-0.39, 0.29) is 26.4 Å². The predicted molar refractivity (Wildman–Crippen MR) is 43.6 cm³/mol. The molecule has 0 aliphatic carbocycles. The van der Waals surface area contributed by atoms with Crippen molar-refractivity contribution < 1.29 is 19.4 Å². The van der Waals surface area contributed by atoms with Gasteiger partial charge in [-0.25, -0.2) is 4.79 Å². The van der Waals surface area contributed by atoms with Crippen LogP contribution in [0.5, 0.6) is 0 Å². The van der Waals surface area contributed by atoms with Gasteiger partial charge in [-0.15, -0.1) is 0 Å². The molecule has 0 bridgehead atoms. The van der Waals surface area contributed by atoms with Crippen LogP contribution in [-0.4, -0.2) is 37.5 Å². The molecular formula is C8H10N2O4. The van der Waals surface area contributed by atoms with Crippen LogP contribution < -0.4 is 0 Å². The first-order valence-corrected chi connectivity index (χ1v) is 3.90. The van der Waals surface area contributed by atoms with Crippen LogP contribution >= 0.6 is 0 Å². The van der Waals surface area contributed by atoms with Gasteiger partial charge >= 0.3 is 5.97 Å². The van der Waals surface area contributed by atoms with Gasteiger partial charge in [0.25, 0.3) is 0 Å². The maximum Gasteiger partial charge on any atom is 0.338 e. The molecule has 6 heteroatoms. The SMILES string of the molecule is N#CC(C#N)C(=O)OCCOCCO. The van der Waals surface area contributed by atoms with E-state index in [1.54, 1.807) is 0 Å². The van der Waals surface area contributed by atoms with Gasteiger partial charge in [0.1, 0.15) is 6.61 Å². The fourth-order valence-electron chi connectivity index (χ4n) is 0.585. The highest BCUT2D eigenvalue weighted by Crippen LogP contribution is 1.95. The van der Waals surface area contributed by atoms with Crippen molar-refractivity contribution in [2.75, 3.05) is 26.4 Å². The highest BCUT2D eigenvalue weighted by atomic mass is 16.6. The molecule has 0 aromatic heterocycles. The van der Waals surface area contributed by atoms with Crippen molar-refractivity contribution in [1.82, 2.24) is 0 Å². The molecule has 0 aromatic rings. The highest BCUT2D eigenvalue weighted by molar-refractivity contribution is 5.78. The number of carbonyl (C=O) groups excluding carboxylic acids is 1. The van der Waals surface area contributed by atoms with E-state index in [2.05, 4.69) is 4.74 Å². The van der Waals surface area contributed by atoms with Crippen LogP contribution in [0.2, 0.25) is 0 Å². The summed E-state index contributed by atoms with van der Waals surface area (Å²) in [5, 5.41) is 24.9. The number of ether oxygens (including phenoxy) is 2. The third-order valence-electron chi connectivity index (χ3n) is 1.20. The Labute approximate surface area is 81.3 Å². The Bertz CT molecular complexity index is 239. The van der Waals surface area contributed by atoms with Crippen LogP contribution in [0, 0.1) is 28.6 Å². The standard InChI is InChI=1S/C8H10N2O4/c9-5-7(6-10)8(12)14-4-3-13-2-1-11/h7,11H,1-4H2. The lowest BCUT2D eigenvalue weighted by Crippen LogP contribution is -2.17. The van der Waals surface area contributed by atoms with Crippen molar-refractivity contribution in [3.63, 3.8) is 0 Å². The molecule has 14 heavy (non-hydrogen) atoms. The molecule has 0 aliphatic rings. The number of hydrogen-bond donors (Lipinski definition) is 1. The molecule has 1 N–H and O–H groups in total. The Hall–Kier alpha value is -1.63. The normalized spacial score (nSPS) is 9.14. The van der Waals surface area contributed by atoms with Crippen LogP contribution in [-0.2, 0) is 14.3 Å². The number of rotatable bonds is 6. The molecule has 0 unspecified atom stereocenters. The lowest BCUT2D eigenvalue weighted by atomic mass is 10.2. The van der Waals surface area contributed by atoms with E-state index in [0.29, 0.717) is 0 Å². The van der Waals surface area contributed by atoms with E-state index in [1.165, 1.54) is 12.1 Å². The van der Waals surface area contributed by atoms with Gasteiger partial charge < -0.3 is 14.6 Å². The molecule has 0 atom stereocenters. The monoisotopic (exact) mass is 198 g/mol. The fraction of sp³-hybridized carbons (Fsp3) is 0.625. The number of aliphatic hydroxyl groups excluding tert-OH is 1. The Kier molecular flexibility index (Phi) is 7.06. The van der Waals surface area contributed by atoms with Gasteiger partial charge in [0.2, 0.25) is 5.92 Å². The first kappa shape index (κ1) is 12.4. The zero-order chi connectivity index (χ0) is 10.8. The Morgan fingerprint density at radius 1 is 1.29 bits per heavy atom. The number of nitrogens with zero attached hydrogens (tertiary/aromatic N) is 2. The maximum absolute atomic E-state index is 10.9. The van der Waals surface area contributed by atoms with Crippen molar-refractivity contribution >= 4 is 5.97 Å². The molecule has 0 spiro atoms. The van der Waals surface area contributed by atoms with E-state index in [4.69, 9.17) is 20.4 Å². The van der Waals surface area contributed by atoms with Crippen LogP contribution in [0.4, 0.5) is 0 Å². The molecule has 0 aliphatic heterocycles. The number of nitriles is 2. The molecule has 0 aromatic carbocycles. The number of esters is 1. The lowest BCUT2D eigenvalue weighted by molar-refractivity contribution is -0.146. The van der Waals surface area contributed by atoms with Crippen LogP contribution in [0.25, 0.3) is 0 Å². The van der Waals surface area contributed by atoms with Gasteiger partial charge in [-0.3, -0.25) is 0 Å². The van der Waals surface area contributed by atoms with Crippen LogP contribution in [0.1, 0.15) is 0 Å². The van der Waals surface area contributed by atoms with Gasteiger partial charge in [0.05, 0.1) is 32.0 Å². The number of aliphatic hydroxyl groups is 1. The summed E-state index contributed by atoms with van der Waals surface area (Å²) >= 11 is 0. The van der Waals surface area contributed by atoms with Gasteiger partial charge in [-0.05, 0) is 0 Å². The summed E-state index contributed by atoms with van der Waals surface area (Å²) in [5.74, 6) is -2.25. The maximum atomic E-state index is 10.9. The van der Waals surface area contributed by atoms with Gasteiger partial charge in [-0.2, -0.15) is 10.5 Å². The fourth-order valence-corrected chi connectivity index (χ4v) is 0.585. The third kappa shape index (κ3) is 5.09. The molecule has 0 saturated heterocycles. The summed E-state index contributed by atoms with van der Waals surface area (Å²) in [4.78, 5) is 10.9. The molecule has 0 fully saturated rings. The minimum atomic E-state index is -1.38. The molecule has 0 amide bonds. The van der Waals surface area contributed by atoms with E-state index in [1.807, 2.05) is 0 Å². The smallest absolute Gasteiger partial charge is 0.338 e. The van der Waals surface area contributed by atoms with Crippen LogP contribution in [0.15, 0.2) is 0 Å². The zero-order valence-electron chi connectivity index (χ0n) is 7.47. The summed E-state index contributed by atoms with van der Waals surface area (Å²) in [6.07, 6.45) is 0. The molecule has 6 nitrogen and oxygen atoms in total. The molecular weight excluding hydrogens is 188 g/mol. The second-order valence-electron chi connectivity index (χ2n) is 2.19. The van der Waals surface area contributed by atoms with Crippen molar-refractivity contribution in [2.24, 2.45) is 5.92 Å². The second-order valence-corrected chi connectivity index (χ2v) is 2.19. The van der Waals surface area contributed by atoms with Gasteiger partial charge in [0, 0.05) is 0 Å². The number of hydrogen-bond acceptors (Lipinski definition) is 6. The minimum absolute atomic E-state index is 0.0291. The predicted octanol–water partition coefficient (Wildman–Crippen LogP) is -0.798. The van der Waals surface area contributed by atoms with Crippen LogP contribution in [0.3, 0.4) is 0 Å². The van der Waals surface area contributed by atoms with E-state index in [9.17, 15) is 4.79 Å². The first-order chi connectivity index (χ1) is 6.76. The summed E-state index contributed by atoms with van der Waals surface area (Å²) in [7, 11) is 0. The molecule has 76 valence electrons. The van der Waals surface area contributed by atoms with Gasteiger partial charge in [-0.1, -0.05) is 0 Å². The minimum Gasteiger partial charge on any atom is -0.461 e. The van der Waals surface area contributed by atoms with Crippen molar-refractivity contribution in [3.05, 3.63) is 0 Å². The molecule has 0 radical (unpaired) electrons. The summed E-state index contributed by atoms with van der Waals surface area (Å²) in [6, 6.07) is 2.97. The third-order valence-corrected chi connectivity index (χ3v) is 1.20. The van der Waals surface area contributed by atoms with Crippen molar-refractivity contribution in [2.45, 2.75) is 0 Å². The number of carbonyl (C=O) groups is 1. The lowest BCUT2D eigenvalue weighted by Gasteiger charge is -2.04. The first-order valence-electron chi connectivity index (χ1n) is 3.90. The highest BCUT2D eigenvalue weighted by Gasteiger charge is 2.17. The van der Waals surface area contributed by atoms with E-state index < -0.39 is 11.9 Å². The summed E-state index contributed by atoms with van der Waals surface area (Å²) in [6.45, 7) is 0.166. The summed E-state index contributed by atoms with van der Waals surface area (Å²) in [5.41, 5.74) is 0. The van der Waals surface area contributed by atoms with Crippen molar-refractivity contribution in [1.29, 1.82) is 10.5 Å². The zero-order valence-corrected chi connectivity index (χ0v) is 7.47. The molecule has 0 saturated carbocycles. The quantitative estimate of drug-likeness (QED) is 0.442. The Morgan fingerprint density at radius 2 is 1.93 bits per heavy atom. The average Bonchev–Trinajstić information content (AvgIpc) is 2.19. The summed E-state index contributed by atoms with van der Waals surface area (Å²) < 4.78 is 9.33. The van der Waals surface area contributed by atoms with Crippen molar-refractivity contribution in [3.8, 4) is 12.1 Å². The van der Waals surface area contributed by atoms with E-state index in [0.717, 1.165) is 0 Å². The van der Waals surface area contributed by atoms with E-state index >= 15 is 0 Å². The Balaban J connectivity index is 3.56. The largest absolute Gasteiger partial charge is 0.461 e. The second kappa shape index (κ2) is 7.99.